The van der Waals surface area contributed by atoms with Crippen LogP contribution in [0, 0.1) is 0 Å². The number of fused-ring (bicyclic) bond motifs is 1. The molecule has 2 aromatic rings. The van der Waals surface area contributed by atoms with Gasteiger partial charge in [0.25, 0.3) is 0 Å². The van der Waals surface area contributed by atoms with Crippen molar-refractivity contribution in [2.75, 3.05) is 6.54 Å². The summed E-state index contributed by atoms with van der Waals surface area (Å²) in [5, 5.41) is 13.7. The van der Waals surface area contributed by atoms with Crippen molar-refractivity contribution in [3.05, 3.63) is 52.3 Å². The molecule has 0 saturated carbocycles. The minimum Gasteiger partial charge on any atom is -0.456 e. The highest BCUT2D eigenvalue weighted by Gasteiger charge is 2.37. The van der Waals surface area contributed by atoms with Gasteiger partial charge >= 0.3 is 18.3 Å². The highest BCUT2D eigenvalue weighted by molar-refractivity contribution is 6.43. The van der Waals surface area contributed by atoms with E-state index in [0.29, 0.717) is 18.7 Å². The molecular formula is C18H15F6N3O3. The van der Waals surface area contributed by atoms with Crippen LogP contribution in [0.15, 0.2) is 29.3 Å². The molecule has 1 aliphatic rings. The van der Waals surface area contributed by atoms with E-state index in [4.69, 9.17) is 4.74 Å². The Balaban J connectivity index is 1.82. The van der Waals surface area contributed by atoms with Gasteiger partial charge in [0.15, 0.2) is 5.71 Å². The molecule has 0 fully saturated rings. The van der Waals surface area contributed by atoms with Crippen LogP contribution in [0.3, 0.4) is 0 Å². The zero-order chi connectivity index (χ0) is 22.3. The maximum atomic E-state index is 12.9. The number of aliphatic hydroxyl groups excluding tert-OH is 1. The first kappa shape index (κ1) is 21.8. The fourth-order valence-electron chi connectivity index (χ4n) is 2.83. The molecule has 1 N–H and O–H groups in total. The van der Waals surface area contributed by atoms with Gasteiger partial charge < -0.3 is 9.84 Å². The minimum absolute atomic E-state index is 0.00726. The third kappa shape index (κ3) is 4.64. The molecule has 1 aromatic heterocycles. The molecule has 0 radical (unpaired) electrons. The zero-order valence-corrected chi connectivity index (χ0v) is 15.4. The lowest BCUT2D eigenvalue weighted by Gasteiger charge is -2.16. The molecule has 12 heteroatoms. The molecule has 1 atom stereocenters. The van der Waals surface area contributed by atoms with Crippen molar-refractivity contribution in [1.29, 1.82) is 0 Å². The number of hydrogen-bond donors (Lipinski definition) is 1. The Labute approximate surface area is 165 Å². The molecule has 3 rings (SSSR count). The number of alkyl halides is 6. The summed E-state index contributed by atoms with van der Waals surface area (Å²) in [7, 11) is 0. The molecule has 0 aliphatic carbocycles. The number of nitrogens with zero attached hydrogens (tertiary/aromatic N) is 3. The number of esters is 1. The first-order valence-electron chi connectivity index (χ1n) is 8.62. The second kappa shape index (κ2) is 7.74. The number of aromatic nitrogens is 2. The van der Waals surface area contributed by atoms with Crippen LogP contribution in [-0.2, 0) is 35.0 Å². The van der Waals surface area contributed by atoms with Crippen LogP contribution in [0.4, 0.5) is 26.3 Å². The number of aliphatic imine (C=N–C) groups is 1. The van der Waals surface area contributed by atoms with Gasteiger partial charge in [-0.25, -0.2) is 4.79 Å². The van der Waals surface area contributed by atoms with Crippen LogP contribution in [0.25, 0.3) is 0 Å². The largest absolute Gasteiger partial charge is 0.456 e. The molecule has 162 valence electrons. The summed E-state index contributed by atoms with van der Waals surface area (Å²) >= 11 is 0. The third-order valence-electron chi connectivity index (χ3n) is 4.26. The second-order valence-electron chi connectivity index (χ2n) is 6.57. The van der Waals surface area contributed by atoms with Gasteiger partial charge in [-0.05, 0) is 36.8 Å². The number of rotatable bonds is 4. The minimum atomic E-state index is -5.00. The third-order valence-corrected chi connectivity index (χ3v) is 4.26. The monoisotopic (exact) mass is 435 g/mol. The molecule has 0 bridgehead atoms. The lowest BCUT2D eigenvalue weighted by atomic mass is 10.1. The molecule has 0 amide bonds. The first-order chi connectivity index (χ1) is 13.9. The summed E-state index contributed by atoms with van der Waals surface area (Å²) in [5.41, 5.74) is -3.14. The fourth-order valence-corrected chi connectivity index (χ4v) is 2.83. The number of hydrogen-bond acceptors (Lipinski definition) is 5. The molecule has 2 heterocycles. The highest BCUT2D eigenvalue weighted by Crippen LogP contribution is 2.36. The summed E-state index contributed by atoms with van der Waals surface area (Å²) in [5.74, 6) is -1.03. The summed E-state index contributed by atoms with van der Waals surface area (Å²) in [4.78, 5) is 16.4. The van der Waals surface area contributed by atoms with E-state index >= 15 is 0 Å². The Morgan fingerprint density at radius 2 is 1.73 bits per heavy atom. The normalized spacial score (nSPS) is 15.4. The molecule has 0 spiro atoms. The van der Waals surface area contributed by atoms with Gasteiger partial charge in [0, 0.05) is 0 Å². The molecular weight excluding hydrogens is 420 g/mol. The van der Waals surface area contributed by atoms with Crippen molar-refractivity contribution in [2.45, 2.75) is 38.5 Å². The summed E-state index contributed by atoms with van der Waals surface area (Å²) in [6, 6.07) is 2.38. The van der Waals surface area contributed by atoms with Gasteiger partial charge in [0.05, 0.1) is 41.7 Å². The van der Waals surface area contributed by atoms with Crippen molar-refractivity contribution in [1.82, 2.24) is 9.78 Å². The topological polar surface area (TPSA) is 76.7 Å². The summed E-state index contributed by atoms with van der Waals surface area (Å²) < 4.78 is 83.9. The predicted octanol–water partition coefficient (Wildman–Crippen LogP) is 3.52. The summed E-state index contributed by atoms with van der Waals surface area (Å²) in [6.45, 7) is 1.15. The van der Waals surface area contributed by atoms with Crippen molar-refractivity contribution in [3.8, 4) is 0 Å². The number of carbonyl (C=O) groups is 1. The van der Waals surface area contributed by atoms with Crippen molar-refractivity contribution in [2.24, 2.45) is 4.99 Å². The smallest absolute Gasteiger partial charge is 0.416 e. The van der Waals surface area contributed by atoms with Crippen LogP contribution in [0.2, 0.25) is 0 Å². The van der Waals surface area contributed by atoms with Gasteiger partial charge in [-0.2, -0.15) is 31.4 Å². The van der Waals surface area contributed by atoms with Crippen LogP contribution >= 0.6 is 0 Å². The number of aliphatic hydroxyl groups is 1. The van der Waals surface area contributed by atoms with E-state index < -0.39 is 47.7 Å². The van der Waals surface area contributed by atoms with Crippen molar-refractivity contribution >= 4 is 11.7 Å². The number of carbonyl (C=O) groups excluding carboxylic acids is 1. The van der Waals surface area contributed by atoms with Crippen LogP contribution in [0.1, 0.15) is 41.1 Å². The molecule has 6 nitrogen and oxygen atoms in total. The average molecular weight is 435 g/mol. The molecule has 0 saturated heterocycles. The lowest BCUT2D eigenvalue weighted by molar-refractivity contribution is -0.143. The van der Waals surface area contributed by atoms with E-state index in [-0.39, 0.29) is 29.7 Å². The average Bonchev–Trinajstić information content (AvgIpc) is 3.09. The van der Waals surface area contributed by atoms with E-state index in [1.165, 1.54) is 17.7 Å². The Hall–Kier alpha value is -2.89. The molecule has 1 aliphatic heterocycles. The Morgan fingerprint density at radius 1 is 1.13 bits per heavy atom. The lowest BCUT2D eigenvalue weighted by Crippen LogP contribution is -2.27. The van der Waals surface area contributed by atoms with Gasteiger partial charge in [-0.3, -0.25) is 9.67 Å². The van der Waals surface area contributed by atoms with Gasteiger partial charge in [-0.15, -0.1) is 0 Å². The molecule has 30 heavy (non-hydrogen) atoms. The second-order valence-corrected chi connectivity index (χ2v) is 6.57. The zero-order valence-electron chi connectivity index (χ0n) is 15.4. The van der Waals surface area contributed by atoms with E-state index in [2.05, 4.69) is 10.1 Å². The first-order valence-corrected chi connectivity index (χ1v) is 8.62. The maximum absolute atomic E-state index is 12.9. The van der Waals surface area contributed by atoms with Gasteiger partial charge in [0.2, 0.25) is 0 Å². The number of halogens is 6. The van der Waals surface area contributed by atoms with E-state index in [1.54, 1.807) is 0 Å². The SMILES string of the molecule is CC(O)c1cc2n(n1)CCN=C2C(=O)OCc1cc(C(F)(F)F)cc(C(F)(F)F)c1. The Kier molecular flexibility index (Phi) is 5.63. The van der Waals surface area contributed by atoms with Crippen LogP contribution < -0.4 is 0 Å². The van der Waals surface area contributed by atoms with Crippen molar-refractivity contribution in [3.63, 3.8) is 0 Å². The molecule has 1 aromatic carbocycles. The van der Waals surface area contributed by atoms with E-state index in [1.807, 2.05) is 0 Å². The Morgan fingerprint density at radius 3 is 2.27 bits per heavy atom. The number of benzene rings is 1. The quantitative estimate of drug-likeness (QED) is 0.589. The standard InChI is InChI=1S/C18H15F6N3O3/c1-9(28)13-7-14-15(25-2-3-27(14)26-13)16(29)30-8-10-4-11(17(19,20)21)6-12(5-10)18(22,23)24/h4-7,9,28H,2-3,8H2,1H3. The van der Waals surface area contributed by atoms with E-state index in [0.717, 1.165) is 0 Å². The summed E-state index contributed by atoms with van der Waals surface area (Å²) in [6.07, 6.45) is -10.9. The van der Waals surface area contributed by atoms with Crippen molar-refractivity contribution < 1.29 is 41.0 Å². The van der Waals surface area contributed by atoms with Crippen LogP contribution in [-0.4, -0.2) is 33.1 Å². The van der Waals surface area contributed by atoms with Gasteiger partial charge in [-0.1, -0.05) is 0 Å². The molecule has 1 unspecified atom stereocenters. The Bertz CT molecular complexity index is 960. The maximum Gasteiger partial charge on any atom is 0.416 e. The highest BCUT2D eigenvalue weighted by atomic mass is 19.4. The van der Waals surface area contributed by atoms with Gasteiger partial charge in [0.1, 0.15) is 6.61 Å². The van der Waals surface area contributed by atoms with E-state index in [9.17, 15) is 36.2 Å². The van der Waals surface area contributed by atoms with Crippen LogP contribution in [0.5, 0.6) is 0 Å². The number of ether oxygens (including phenoxy) is 1. The fraction of sp³-hybridized carbons (Fsp3) is 0.389. The predicted molar refractivity (Wildman–Crippen MR) is 90.5 cm³/mol.